The van der Waals surface area contributed by atoms with Crippen LogP contribution in [0.3, 0.4) is 0 Å². The van der Waals surface area contributed by atoms with Crippen LogP contribution in [0.2, 0.25) is 0 Å². The fraction of sp³-hybridized carbons (Fsp3) is 0.875. The Hall–Kier alpha value is -1.02. The molecule has 0 aromatic rings. The Morgan fingerprint density at radius 2 is 1.26 bits per heavy atom. The van der Waals surface area contributed by atoms with Crippen LogP contribution in [-0.4, -0.2) is 76.6 Å². The molecule has 0 aliphatic carbocycles. The summed E-state index contributed by atoms with van der Waals surface area (Å²) in [7, 11) is 0. The SMILES string of the molecule is CCCOCCOCCOCCOCCN(C=O)C(=O)CCC. The van der Waals surface area contributed by atoms with Gasteiger partial charge in [0.05, 0.1) is 52.8 Å². The second-order valence-corrected chi connectivity index (χ2v) is 4.89. The fourth-order valence-electron chi connectivity index (χ4n) is 1.66. The average Bonchev–Trinajstić information content (AvgIpc) is 2.55. The monoisotopic (exact) mass is 333 g/mol. The Morgan fingerprint density at radius 1 is 0.783 bits per heavy atom. The van der Waals surface area contributed by atoms with Crippen LogP contribution in [0.1, 0.15) is 33.1 Å². The molecule has 0 aliphatic rings. The van der Waals surface area contributed by atoms with Crippen molar-refractivity contribution in [3.05, 3.63) is 0 Å². The molecule has 0 heterocycles. The van der Waals surface area contributed by atoms with E-state index in [0.29, 0.717) is 59.1 Å². The predicted octanol–water partition coefficient (Wildman–Crippen LogP) is 1.25. The van der Waals surface area contributed by atoms with Crippen LogP contribution in [0.4, 0.5) is 0 Å². The van der Waals surface area contributed by atoms with E-state index in [-0.39, 0.29) is 12.5 Å². The largest absolute Gasteiger partial charge is 0.379 e. The van der Waals surface area contributed by atoms with Gasteiger partial charge in [0.15, 0.2) is 0 Å². The highest BCUT2D eigenvalue weighted by atomic mass is 16.6. The van der Waals surface area contributed by atoms with Crippen molar-refractivity contribution in [3.63, 3.8) is 0 Å². The smallest absolute Gasteiger partial charge is 0.229 e. The molecule has 0 unspecified atom stereocenters. The van der Waals surface area contributed by atoms with Crippen molar-refractivity contribution in [1.82, 2.24) is 4.90 Å². The molecule has 0 saturated heterocycles. The minimum Gasteiger partial charge on any atom is -0.379 e. The van der Waals surface area contributed by atoms with E-state index in [1.165, 1.54) is 0 Å². The zero-order chi connectivity index (χ0) is 17.2. The summed E-state index contributed by atoms with van der Waals surface area (Å²) in [6.07, 6.45) is 2.68. The summed E-state index contributed by atoms with van der Waals surface area (Å²) in [6, 6.07) is 0. The molecule has 0 aliphatic heterocycles. The number of hydrogen-bond donors (Lipinski definition) is 0. The molecule has 23 heavy (non-hydrogen) atoms. The molecular formula is C16H31NO6. The first-order valence-electron chi connectivity index (χ1n) is 8.32. The zero-order valence-electron chi connectivity index (χ0n) is 14.5. The topological polar surface area (TPSA) is 74.3 Å². The standard InChI is InChI=1S/C16H31NO6/c1-3-5-16(19)17(15-18)6-8-21-10-12-23-14-13-22-11-9-20-7-4-2/h15H,3-14H2,1-2H3. The number of carbonyl (C=O) groups excluding carboxylic acids is 2. The van der Waals surface area contributed by atoms with E-state index in [2.05, 4.69) is 6.92 Å². The number of nitrogens with zero attached hydrogens (tertiary/aromatic N) is 1. The number of hydrogen-bond acceptors (Lipinski definition) is 6. The lowest BCUT2D eigenvalue weighted by Crippen LogP contribution is -2.32. The number of rotatable bonds is 17. The molecule has 0 radical (unpaired) electrons. The number of amides is 2. The van der Waals surface area contributed by atoms with Crippen molar-refractivity contribution < 1.29 is 28.5 Å². The third-order valence-corrected chi connectivity index (χ3v) is 2.85. The molecule has 7 nitrogen and oxygen atoms in total. The maximum absolute atomic E-state index is 11.5. The summed E-state index contributed by atoms with van der Waals surface area (Å²) in [6.45, 7) is 8.44. The summed E-state index contributed by atoms with van der Waals surface area (Å²) in [5, 5.41) is 0. The predicted molar refractivity (Wildman–Crippen MR) is 86.3 cm³/mol. The lowest BCUT2D eigenvalue weighted by molar-refractivity contribution is -0.139. The molecule has 2 amide bonds. The molecule has 0 aromatic carbocycles. The highest BCUT2D eigenvalue weighted by molar-refractivity contribution is 5.85. The molecule has 0 saturated carbocycles. The summed E-state index contributed by atoms with van der Waals surface area (Å²) in [5.74, 6) is -0.164. The van der Waals surface area contributed by atoms with E-state index in [0.717, 1.165) is 24.3 Å². The van der Waals surface area contributed by atoms with Crippen molar-refractivity contribution in [2.75, 3.05) is 59.4 Å². The molecule has 0 bridgehead atoms. The Balaban J connectivity index is 3.29. The first kappa shape index (κ1) is 22.0. The minimum atomic E-state index is -0.164. The van der Waals surface area contributed by atoms with Gasteiger partial charge in [-0.3, -0.25) is 14.5 Å². The Bertz CT molecular complexity index is 288. The second-order valence-electron chi connectivity index (χ2n) is 4.89. The van der Waals surface area contributed by atoms with Crippen LogP contribution in [0, 0.1) is 0 Å². The third kappa shape index (κ3) is 14.3. The highest BCUT2D eigenvalue weighted by Gasteiger charge is 2.10. The fourth-order valence-corrected chi connectivity index (χ4v) is 1.66. The van der Waals surface area contributed by atoms with Crippen LogP contribution in [0.15, 0.2) is 0 Å². The first-order valence-corrected chi connectivity index (χ1v) is 8.32. The molecule has 136 valence electrons. The van der Waals surface area contributed by atoms with Gasteiger partial charge in [0.1, 0.15) is 0 Å². The quantitative estimate of drug-likeness (QED) is 0.295. The van der Waals surface area contributed by atoms with Gasteiger partial charge in [-0.25, -0.2) is 0 Å². The van der Waals surface area contributed by atoms with Gasteiger partial charge >= 0.3 is 0 Å². The molecule has 0 N–H and O–H groups in total. The van der Waals surface area contributed by atoms with Crippen molar-refractivity contribution in [3.8, 4) is 0 Å². The van der Waals surface area contributed by atoms with Gasteiger partial charge in [-0.2, -0.15) is 0 Å². The van der Waals surface area contributed by atoms with Crippen molar-refractivity contribution in [2.24, 2.45) is 0 Å². The summed E-state index contributed by atoms with van der Waals surface area (Å²) >= 11 is 0. The number of imide groups is 1. The number of ether oxygens (including phenoxy) is 4. The van der Waals surface area contributed by atoms with E-state index >= 15 is 0 Å². The van der Waals surface area contributed by atoms with Gasteiger partial charge in [-0.05, 0) is 12.8 Å². The van der Waals surface area contributed by atoms with Crippen LogP contribution in [0.25, 0.3) is 0 Å². The minimum absolute atomic E-state index is 0.164. The Kier molecular flexibility index (Phi) is 16.6. The van der Waals surface area contributed by atoms with Gasteiger partial charge < -0.3 is 18.9 Å². The molecule has 0 rings (SSSR count). The lowest BCUT2D eigenvalue weighted by Gasteiger charge is -2.15. The van der Waals surface area contributed by atoms with Gasteiger partial charge in [0.2, 0.25) is 12.3 Å². The van der Waals surface area contributed by atoms with Crippen LogP contribution < -0.4 is 0 Å². The van der Waals surface area contributed by atoms with E-state index in [1.54, 1.807) is 0 Å². The molecule has 0 aromatic heterocycles. The van der Waals surface area contributed by atoms with Crippen molar-refractivity contribution in [1.29, 1.82) is 0 Å². The number of carbonyl (C=O) groups is 2. The average molecular weight is 333 g/mol. The van der Waals surface area contributed by atoms with Gasteiger partial charge in [-0.15, -0.1) is 0 Å². The van der Waals surface area contributed by atoms with Crippen LogP contribution in [0.5, 0.6) is 0 Å². The van der Waals surface area contributed by atoms with Gasteiger partial charge in [0, 0.05) is 13.0 Å². The maximum Gasteiger partial charge on any atom is 0.229 e. The Morgan fingerprint density at radius 3 is 1.70 bits per heavy atom. The molecule has 7 heteroatoms. The van der Waals surface area contributed by atoms with Gasteiger partial charge in [-0.1, -0.05) is 13.8 Å². The molecule has 0 spiro atoms. The van der Waals surface area contributed by atoms with Crippen LogP contribution in [-0.2, 0) is 28.5 Å². The summed E-state index contributed by atoms with van der Waals surface area (Å²) in [5.41, 5.74) is 0. The molecule has 0 atom stereocenters. The molecular weight excluding hydrogens is 302 g/mol. The maximum atomic E-state index is 11.5. The lowest BCUT2D eigenvalue weighted by atomic mass is 10.3. The first-order chi connectivity index (χ1) is 11.3. The van der Waals surface area contributed by atoms with E-state index in [9.17, 15) is 9.59 Å². The highest BCUT2D eigenvalue weighted by Crippen LogP contribution is 1.95. The van der Waals surface area contributed by atoms with Crippen molar-refractivity contribution in [2.45, 2.75) is 33.1 Å². The summed E-state index contributed by atoms with van der Waals surface area (Å²) in [4.78, 5) is 23.4. The normalized spacial score (nSPS) is 10.7. The van der Waals surface area contributed by atoms with E-state index in [1.807, 2.05) is 6.92 Å². The van der Waals surface area contributed by atoms with E-state index in [4.69, 9.17) is 18.9 Å². The summed E-state index contributed by atoms with van der Waals surface area (Å²) < 4.78 is 21.3. The zero-order valence-corrected chi connectivity index (χ0v) is 14.5. The second kappa shape index (κ2) is 17.3. The van der Waals surface area contributed by atoms with Crippen LogP contribution >= 0.6 is 0 Å². The van der Waals surface area contributed by atoms with E-state index < -0.39 is 0 Å². The third-order valence-electron chi connectivity index (χ3n) is 2.85. The Labute approximate surface area is 139 Å². The van der Waals surface area contributed by atoms with Crippen molar-refractivity contribution >= 4 is 12.3 Å². The van der Waals surface area contributed by atoms with Gasteiger partial charge in [0.25, 0.3) is 0 Å². The molecule has 0 fully saturated rings.